The van der Waals surface area contributed by atoms with Crippen LogP contribution in [-0.4, -0.2) is 5.91 Å². The molecule has 1 heterocycles. The third-order valence-corrected chi connectivity index (χ3v) is 3.78. The second-order valence-electron chi connectivity index (χ2n) is 5.18. The highest BCUT2D eigenvalue weighted by atomic mass is 16.3. The first-order valence-corrected chi connectivity index (χ1v) is 6.96. The predicted molar refractivity (Wildman–Crippen MR) is 86.4 cm³/mol. The summed E-state index contributed by atoms with van der Waals surface area (Å²) < 4.78 is 5.38. The third kappa shape index (κ3) is 2.39. The first-order valence-electron chi connectivity index (χ1n) is 6.96. The van der Waals surface area contributed by atoms with Crippen molar-refractivity contribution < 1.29 is 9.21 Å². The molecule has 1 N–H and O–H groups in total. The van der Waals surface area contributed by atoms with Crippen LogP contribution in [0.15, 0.2) is 57.9 Å². The van der Waals surface area contributed by atoms with Gasteiger partial charge in [0.1, 0.15) is 17.4 Å². The van der Waals surface area contributed by atoms with Crippen molar-refractivity contribution in [3.8, 4) is 0 Å². The zero-order chi connectivity index (χ0) is 15.7. The topological polar surface area (TPSA) is 59.3 Å². The van der Waals surface area contributed by atoms with Crippen molar-refractivity contribution in [1.29, 1.82) is 0 Å². The Balaban J connectivity index is 2.01. The molecule has 110 valence electrons. The van der Waals surface area contributed by atoms with Gasteiger partial charge in [-0.2, -0.15) is 0 Å². The van der Waals surface area contributed by atoms with Gasteiger partial charge in [0.05, 0.1) is 5.39 Å². The predicted octanol–water partition coefficient (Wildman–Crippen LogP) is 3.66. The van der Waals surface area contributed by atoms with E-state index >= 15 is 0 Å². The fraction of sp³-hybridized carbons (Fsp3) is 0.111. The summed E-state index contributed by atoms with van der Waals surface area (Å²) in [4.78, 5) is 24.8. The maximum absolute atomic E-state index is 12.4. The summed E-state index contributed by atoms with van der Waals surface area (Å²) in [6.45, 7) is 3.89. The van der Waals surface area contributed by atoms with E-state index in [2.05, 4.69) is 5.32 Å². The monoisotopic (exact) mass is 293 g/mol. The fourth-order valence-corrected chi connectivity index (χ4v) is 2.31. The van der Waals surface area contributed by atoms with Gasteiger partial charge in [0.25, 0.3) is 5.91 Å². The highest BCUT2D eigenvalue weighted by Gasteiger charge is 2.15. The van der Waals surface area contributed by atoms with Gasteiger partial charge in [0.2, 0.25) is 5.43 Å². The lowest BCUT2D eigenvalue weighted by Crippen LogP contribution is -2.21. The number of hydrogen-bond donors (Lipinski definition) is 1. The van der Waals surface area contributed by atoms with E-state index in [4.69, 9.17) is 4.42 Å². The Morgan fingerprint density at radius 2 is 1.82 bits per heavy atom. The molecule has 3 rings (SSSR count). The Hall–Kier alpha value is -2.88. The Kier molecular flexibility index (Phi) is 3.51. The number of carbonyl (C=O) groups is 1. The normalized spacial score (nSPS) is 10.6. The fourth-order valence-electron chi connectivity index (χ4n) is 2.31. The minimum atomic E-state index is -0.465. The second kappa shape index (κ2) is 5.48. The van der Waals surface area contributed by atoms with Gasteiger partial charge in [-0.1, -0.05) is 24.3 Å². The van der Waals surface area contributed by atoms with Crippen molar-refractivity contribution in [3.63, 3.8) is 0 Å². The number of hydrogen-bond acceptors (Lipinski definition) is 3. The summed E-state index contributed by atoms with van der Waals surface area (Å²) >= 11 is 0. The average Bonchev–Trinajstić information content (AvgIpc) is 2.52. The van der Waals surface area contributed by atoms with Gasteiger partial charge >= 0.3 is 0 Å². The molecule has 4 nitrogen and oxygen atoms in total. The first-order chi connectivity index (χ1) is 10.6. The van der Waals surface area contributed by atoms with Gasteiger partial charge in [-0.15, -0.1) is 0 Å². The van der Waals surface area contributed by atoms with E-state index in [9.17, 15) is 9.59 Å². The molecule has 1 aromatic heterocycles. The number of amides is 1. The van der Waals surface area contributed by atoms with Crippen LogP contribution in [0.5, 0.6) is 0 Å². The molecule has 0 saturated heterocycles. The van der Waals surface area contributed by atoms with Crippen LogP contribution in [0.25, 0.3) is 11.0 Å². The maximum Gasteiger partial charge on any atom is 0.262 e. The van der Waals surface area contributed by atoms with Crippen LogP contribution in [0.3, 0.4) is 0 Å². The lowest BCUT2D eigenvalue weighted by atomic mass is 10.1. The summed E-state index contributed by atoms with van der Waals surface area (Å²) in [6, 6.07) is 12.5. The van der Waals surface area contributed by atoms with Crippen LogP contribution in [0.2, 0.25) is 0 Å². The minimum Gasteiger partial charge on any atom is -0.463 e. The molecule has 0 saturated carbocycles. The van der Waals surface area contributed by atoms with Crippen molar-refractivity contribution in [2.45, 2.75) is 13.8 Å². The van der Waals surface area contributed by atoms with E-state index in [1.807, 2.05) is 32.0 Å². The molecule has 0 aliphatic heterocycles. The Morgan fingerprint density at radius 3 is 2.64 bits per heavy atom. The first kappa shape index (κ1) is 14.1. The lowest BCUT2D eigenvalue weighted by molar-refractivity contribution is 0.102. The molecule has 2 aromatic carbocycles. The molecule has 3 aromatic rings. The van der Waals surface area contributed by atoms with E-state index in [0.717, 1.165) is 11.1 Å². The number of nitrogens with one attached hydrogen (secondary N) is 1. The van der Waals surface area contributed by atoms with Gasteiger partial charge in [0, 0.05) is 5.69 Å². The average molecular weight is 293 g/mol. The van der Waals surface area contributed by atoms with Gasteiger partial charge in [-0.05, 0) is 43.2 Å². The van der Waals surface area contributed by atoms with E-state index in [1.165, 1.54) is 6.26 Å². The van der Waals surface area contributed by atoms with Crippen LogP contribution >= 0.6 is 0 Å². The molecule has 0 bridgehead atoms. The molecule has 22 heavy (non-hydrogen) atoms. The number of fused-ring (bicyclic) bond motifs is 1. The van der Waals surface area contributed by atoms with Crippen LogP contribution in [0.1, 0.15) is 21.5 Å². The van der Waals surface area contributed by atoms with Crippen molar-refractivity contribution >= 4 is 22.6 Å². The molecule has 4 heteroatoms. The summed E-state index contributed by atoms with van der Waals surface area (Å²) in [6.07, 6.45) is 1.21. The smallest absolute Gasteiger partial charge is 0.262 e. The standard InChI is InChI=1S/C18H15NO3/c1-11-6-5-8-15(12(11)2)19-18(21)14-10-22-16-9-4-3-7-13(16)17(14)20/h3-10H,1-2H3,(H,19,21). The molecular formula is C18H15NO3. The number of benzene rings is 2. The van der Waals surface area contributed by atoms with E-state index in [-0.39, 0.29) is 11.0 Å². The van der Waals surface area contributed by atoms with Gasteiger partial charge in [-0.3, -0.25) is 9.59 Å². The summed E-state index contributed by atoms with van der Waals surface area (Å²) in [5.74, 6) is -0.465. The zero-order valence-electron chi connectivity index (χ0n) is 12.3. The van der Waals surface area contributed by atoms with Crippen LogP contribution in [-0.2, 0) is 0 Å². The van der Waals surface area contributed by atoms with Crippen molar-refractivity contribution in [2.24, 2.45) is 0 Å². The van der Waals surface area contributed by atoms with E-state index in [0.29, 0.717) is 16.7 Å². The third-order valence-electron chi connectivity index (χ3n) is 3.78. The molecular weight excluding hydrogens is 278 g/mol. The SMILES string of the molecule is Cc1cccc(NC(=O)c2coc3ccccc3c2=O)c1C. The molecule has 1 amide bonds. The maximum atomic E-state index is 12.4. The van der Waals surface area contributed by atoms with E-state index < -0.39 is 5.91 Å². The Morgan fingerprint density at radius 1 is 1.05 bits per heavy atom. The molecule has 0 unspecified atom stereocenters. The summed E-state index contributed by atoms with van der Waals surface area (Å²) in [5.41, 5.74) is 2.88. The molecule has 0 radical (unpaired) electrons. The van der Waals surface area contributed by atoms with Gasteiger partial charge in [0.15, 0.2) is 0 Å². The molecule has 0 fully saturated rings. The molecule has 0 spiro atoms. The van der Waals surface area contributed by atoms with Crippen LogP contribution in [0.4, 0.5) is 5.69 Å². The number of rotatable bonds is 2. The lowest BCUT2D eigenvalue weighted by Gasteiger charge is -2.10. The number of para-hydroxylation sites is 1. The van der Waals surface area contributed by atoms with Crippen molar-refractivity contribution in [2.75, 3.05) is 5.32 Å². The minimum absolute atomic E-state index is 0.000365. The Labute approximate surface area is 127 Å². The molecule has 0 aliphatic rings. The highest BCUT2D eigenvalue weighted by molar-refractivity contribution is 6.05. The molecule has 0 atom stereocenters. The number of anilines is 1. The summed E-state index contributed by atoms with van der Waals surface area (Å²) in [5, 5.41) is 3.17. The van der Waals surface area contributed by atoms with Crippen molar-refractivity contribution in [1.82, 2.24) is 0 Å². The van der Waals surface area contributed by atoms with Crippen LogP contribution in [0, 0.1) is 13.8 Å². The van der Waals surface area contributed by atoms with Crippen LogP contribution < -0.4 is 10.7 Å². The highest BCUT2D eigenvalue weighted by Crippen LogP contribution is 2.19. The zero-order valence-corrected chi connectivity index (χ0v) is 12.3. The number of carbonyl (C=O) groups excluding carboxylic acids is 1. The summed E-state index contributed by atoms with van der Waals surface area (Å²) in [7, 11) is 0. The number of aryl methyl sites for hydroxylation is 1. The second-order valence-corrected chi connectivity index (χ2v) is 5.18. The largest absolute Gasteiger partial charge is 0.463 e. The Bertz CT molecular complexity index is 925. The van der Waals surface area contributed by atoms with Gasteiger partial charge in [-0.25, -0.2) is 0 Å². The van der Waals surface area contributed by atoms with Gasteiger partial charge < -0.3 is 9.73 Å². The quantitative estimate of drug-likeness (QED) is 0.784. The van der Waals surface area contributed by atoms with Crippen molar-refractivity contribution in [3.05, 3.63) is 75.6 Å². The van der Waals surface area contributed by atoms with E-state index in [1.54, 1.807) is 24.3 Å². The molecule has 0 aliphatic carbocycles.